The van der Waals surface area contributed by atoms with Crippen LogP contribution in [0.5, 0.6) is 0 Å². The van der Waals surface area contributed by atoms with Crippen molar-refractivity contribution in [3.63, 3.8) is 0 Å². The zero-order valence-corrected chi connectivity index (χ0v) is 16.2. The third kappa shape index (κ3) is 4.57. The van der Waals surface area contributed by atoms with Gasteiger partial charge in [-0.3, -0.25) is 14.4 Å². The summed E-state index contributed by atoms with van der Waals surface area (Å²) in [5, 5.41) is 5.57. The fraction of sp³-hybridized carbons (Fsp3) is 0.318. The second-order valence-electron chi connectivity index (χ2n) is 6.93. The lowest BCUT2D eigenvalue weighted by atomic mass is 10.0. The van der Waals surface area contributed by atoms with Gasteiger partial charge in [-0.25, -0.2) is 0 Å². The number of carbonyl (C=O) groups is 3. The summed E-state index contributed by atoms with van der Waals surface area (Å²) in [6.07, 6.45) is 0.695. The first kappa shape index (κ1) is 19.6. The van der Waals surface area contributed by atoms with Crippen LogP contribution in [-0.2, 0) is 16.0 Å². The van der Waals surface area contributed by atoms with Crippen molar-refractivity contribution in [1.29, 1.82) is 0 Å². The van der Waals surface area contributed by atoms with Gasteiger partial charge in [0.2, 0.25) is 11.8 Å². The molecule has 0 saturated carbocycles. The van der Waals surface area contributed by atoms with E-state index in [0.717, 1.165) is 16.7 Å². The predicted octanol–water partition coefficient (Wildman–Crippen LogP) is 1.99. The molecule has 1 aliphatic heterocycles. The first-order valence-electron chi connectivity index (χ1n) is 9.48. The van der Waals surface area contributed by atoms with Gasteiger partial charge in [0, 0.05) is 32.1 Å². The van der Waals surface area contributed by atoms with Crippen molar-refractivity contribution >= 4 is 17.7 Å². The Labute approximate surface area is 164 Å². The Morgan fingerprint density at radius 3 is 2.50 bits per heavy atom. The van der Waals surface area contributed by atoms with E-state index in [4.69, 9.17) is 0 Å². The zero-order valence-electron chi connectivity index (χ0n) is 16.2. The van der Waals surface area contributed by atoms with Crippen LogP contribution >= 0.6 is 0 Å². The van der Waals surface area contributed by atoms with Gasteiger partial charge in [-0.2, -0.15) is 0 Å². The molecular formula is C22H25N3O3. The average molecular weight is 379 g/mol. The van der Waals surface area contributed by atoms with E-state index >= 15 is 0 Å². The molecule has 2 aromatic rings. The van der Waals surface area contributed by atoms with Gasteiger partial charge in [0.25, 0.3) is 5.91 Å². The normalized spacial score (nSPS) is 16.1. The van der Waals surface area contributed by atoms with Crippen LogP contribution in [0.15, 0.2) is 48.5 Å². The number of nitrogens with one attached hydrogen (secondary N) is 2. The summed E-state index contributed by atoms with van der Waals surface area (Å²) in [6.45, 7) is 3.16. The number of nitrogens with zero attached hydrogens (tertiary/aromatic N) is 1. The van der Waals surface area contributed by atoms with E-state index in [9.17, 15) is 14.4 Å². The van der Waals surface area contributed by atoms with Crippen LogP contribution in [-0.4, -0.2) is 48.8 Å². The molecule has 1 saturated heterocycles. The molecule has 1 aliphatic rings. The molecule has 146 valence electrons. The molecule has 3 rings (SSSR count). The number of amides is 3. The highest BCUT2D eigenvalue weighted by Gasteiger charge is 2.29. The molecule has 6 heteroatoms. The molecule has 0 bridgehead atoms. The maximum atomic E-state index is 12.6. The van der Waals surface area contributed by atoms with Gasteiger partial charge >= 0.3 is 0 Å². The lowest BCUT2D eigenvalue weighted by Crippen LogP contribution is -2.37. The third-order valence-corrected chi connectivity index (χ3v) is 4.99. The van der Waals surface area contributed by atoms with E-state index in [1.165, 1.54) is 0 Å². The Balaban J connectivity index is 1.69. The monoisotopic (exact) mass is 379 g/mol. The Kier molecular flexibility index (Phi) is 6.09. The van der Waals surface area contributed by atoms with Crippen LogP contribution in [0.25, 0.3) is 11.1 Å². The largest absolute Gasteiger partial charge is 0.359 e. The molecule has 1 atom stereocenters. The summed E-state index contributed by atoms with van der Waals surface area (Å²) in [5.74, 6) is -0.120. The molecular weight excluding hydrogens is 354 g/mol. The molecule has 0 aliphatic carbocycles. The van der Waals surface area contributed by atoms with Crippen molar-refractivity contribution < 1.29 is 14.4 Å². The molecule has 28 heavy (non-hydrogen) atoms. The fourth-order valence-electron chi connectivity index (χ4n) is 3.37. The lowest BCUT2D eigenvalue weighted by Gasteiger charge is -2.15. The van der Waals surface area contributed by atoms with Gasteiger partial charge in [-0.1, -0.05) is 36.4 Å². The van der Waals surface area contributed by atoms with Gasteiger partial charge in [0.1, 0.15) is 0 Å². The first-order chi connectivity index (χ1) is 13.5. The Bertz CT molecular complexity index is 877. The molecule has 1 heterocycles. The van der Waals surface area contributed by atoms with Crippen molar-refractivity contribution in [2.45, 2.75) is 25.8 Å². The van der Waals surface area contributed by atoms with Crippen LogP contribution in [0.3, 0.4) is 0 Å². The fourth-order valence-corrected chi connectivity index (χ4v) is 3.37. The number of hydrogen-bond donors (Lipinski definition) is 2. The van der Waals surface area contributed by atoms with E-state index in [-0.39, 0.29) is 23.8 Å². The van der Waals surface area contributed by atoms with E-state index in [0.29, 0.717) is 31.5 Å². The molecule has 0 radical (unpaired) electrons. The third-order valence-electron chi connectivity index (χ3n) is 4.99. The summed E-state index contributed by atoms with van der Waals surface area (Å²) >= 11 is 0. The number of hydrogen-bond acceptors (Lipinski definition) is 3. The van der Waals surface area contributed by atoms with Crippen molar-refractivity contribution in [2.75, 3.05) is 20.1 Å². The molecule has 0 aromatic heterocycles. The predicted molar refractivity (Wildman–Crippen MR) is 108 cm³/mol. The summed E-state index contributed by atoms with van der Waals surface area (Å²) in [7, 11) is 1.62. The van der Waals surface area contributed by atoms with Crippen LogP contribution in [0, 0.1) is 0 Å². The topological polar surface area (TPSA) is 78.5 Å². The molecule has 0 unspecified atom stereocenters. The standard InChI is InChI=1S/C22H25N3O3/c1-3-25-14-19(13-21(25)27)24-22(28)18-6-4-5-17(12-18)16-9-7-15(8-10-16)11-20(26)23-2/h4-10,12,19H,3,11,13-14H2,1-2H3,(H,23,26)(H,24,28)/t19-/m0/s1. The zero-order chi connectivity index (χ0) is 20.1. The van der Waals surface area contributed by atoms with Crippen molar-refractivity contribution in [1.82, 2.24) is 15.5 Å². The van der Waals surface area contributed by atoms with E-state index in [1.807, 2.05) is 49.4 Å². The molecule has 6 nitrogen and oxygen atoms in total. The second-order valence-corrected chi connectivity index (χ2v) is 6.93. The molecule has 3 amide bonds. The summed E-state index contributed by atoms with van der Waals surface area (Å²) in [4.78, 5) is 37.7. The Hall–Kier alpha value is -3.15. The van der Waals surface area contributed by atoms with Crippen LogP contribution in [0.1, 0.15) is 29.3 Å². The highest BCUT2D eigenvalue weighted by atomic mass is 16.2. The average Bonchev–Trinajstić information content (AvgIpc) is 3.07. The highest BCUT2D eigenvalue weighted by molar-refractivity contribution is 5.96. The minimum absolute atomic E-state index is 0.0292. The number of carbonyl (C=O) groups excluding carboxylic acids is 3. The smallest absolute Gasteiger partial charge is 0.251 e. The maximum absolute atomic E-state index is 12.6. The van der Waals surface area contributed by atoms with Crippen molar-refractivity contribution in [2.24, 2.45) is 0 Å². The minimum Gasteiger partial charge on any atom is -0.359 e. The van der Waals surface area contributed by atoms with Crippen LogP contribution in [0.2, 0.25) is 0 Å². The van der Waals surface area contributed by atoms with E-state index in [1.54, 1.807) is 18.0 Å². The molecule has 0 spiro atoms. The van der Waals surface area contributed by atoms with Crippen LogP contribution in [0.4, 0.5) is 0 Å². The van der Waals surface area contributed by atoms with Gasteiger partial charge in [-0.05, 0) is 35.7 Å². The van der Waals surface area contributed by atoms with Gasteiger partial charge < -0.3 is 15.5 Å². The SMILES string of the molecule is CCN1C[C@@H](NC(=O)c2cccc(-c3ccc(CC(=O)NC)cc3)c2)CC1=O. The lowest BCUT2D eigenvalue weighted by molar-refractivity contribution is -0.127. The quantitative estimate of drug-likeness (QED) is 0.806. The number of benzene rings is 2. The maximum Gasteiger partial charge on any atom is 0.251 e. The van der Waals surface area contributed by atoms with Gasteiger partial charge in [-0.15, -0.1) is 0 Å². The summed E-state index contributed by atoms with van der Waals surface area (Å²) in [6, 6.07) is 15.0. The van der Waals surface area contributed by atoms with Gasteiger partial charge in [0.05, 0.1) is 12.5 Å². The summed E-state index contributed by atoms with van der Waals surface area (Å²) in [5.41, 5.74) is 3.40. The highest BCUT2D eigenvalue weighted by Crippen LogP contribution is 2.22. The van der Waals surface area contributed by atoms with Crippen molar-refractivity contribution in [3.8, 4) is 11.1 Å². The van der Waals surface area contributed by atoms with Crippen molar-refractivity contribution in [3.05, 3.63) is 59.7 Å². The number of likely N-dealkylation sites (N-methyl/N-ethyl adjacent to an activating group) is 2. The number of rotatable bonds is 6. The van der Waals surface area contributed by atoms with E-state index < -0.39 is 0 Å². The van der Waals surface area contributed by atoms with Gasteiger partial charge in [0.15, 0.2) is 0 Å². The molecule has 1 fully saturated rings. The van der Waals surface area contributed by atoms with E-state index in [2.05, 4.69) is 10.6 Å². The molecule has 2 aromatic carbocycles. The van der Waals surface area contributed by atoms with Crippen LogP contribution < -0.4 is 10.6 Å². The summed E-state index contributed by atoms with van der Waals surface area (Å²) < 4.78 is 0. The second kappa shape index (κ2) is 8.69. The number of likely N-dealkylation sites (tertiary alicyclic amines) is 1. The molecule has 2 N–H and O–H groups in total. The Morgan fingerprint density at radius 1 is 1.11 bits per heavy atom. The minimum atomic E-state index is -0.172. The first-order valence-corrected chi connectivity index (χ1v) is 9.48. The Morgan fingerprint density at radius 2 is 1.86 bits per heavy atom.